The van der Waals surface area contributed by atoms with E-state index in [0.717, 1.165) is 62.1 Å². The molecule has 2 aliphatic heterocycles. The van der Waals surface area contributed by atoms with Crippen molar-refractivity contribution in [3.8, 4) is 0 Å². The summed E-state index contributed by atoms with van der Waals surface area (Å²) in [7, 11) is 0. The van der Waals surface area contributed by atoms with Gasteiger partial charge >= 0.3 is 0 Å². The van der Waals surface area contributed by atoms with Crippen molar-refractivity contribution in [2.75, 3.05) is 26.2 Å². The van der Waals surface area contributed by atoms with Gasteiger partial charge < -0.3 is 9.32 Å². The van der Waals surface area contributed by atoms with Gasteiger partial charge in [-0.05, 0) is 75.7 Å². The fourth-order valence-corrected chi connectivity index (χ4v) is 4.70. The van der Waals surface area contributed by atoms with Crippen molar-refractivity contribution in [2.24, 2.45) is 11.8 Å². The van der Waals surface area contributed by atoms with Gasteiger partial charge in [-0.15, -0.1) is 0 Å². The van der Waals surface area contributed by atoms with Gasteiger partial charge in [-0.25, -0.2) is 0 Å². The average Bonchev–Trinajstić information content (AvgIpc) is 3.29. The van der Waals surface area contributed by atoms with Gasteiger partial charge in [0.05, 0.1) is 5.56 Å². The van der Waals surface area contributed by atoms with Crippen molar-refractivity contribution in [3.63, 3.8) is 0 Å². The van der Waals surface area contributed by atoms with E-state index in [-0.39, 0.29) is 5.91 Å². The second-order valence-corrected chi connectivity index (χ2v) is 8.10. The molecule has 27 heavy (non-hydrogen) atoms. The van der Waals surface area contributed by atoms with Crippen LogP contribution in [0.25, 0.3) is 0 Å². The number of piperidine rings is 1. The molecule has 2 fully saturated rings. The molecule has 1 atom stereocenters. The Morgan fingerprint density at radius 1 is 1.19 bits per heavy atom. The van der Waals surface area contributed by atoms with Gasteiger partial charge in [0.15, 0.2) is 0 Å². The monoisotopic (exact) mass is 367 g/mol. The predicted molar refractivity (Wildman–Crippen MR) is 104 cm³/mol. The summed E-state index contributed by atoms with van der Waals surface area (Å²) >= 11 is 0. The third-order valence-corrected chi connectivity index (χ3v) is 6.21. The van der Waals surface area contributed by atoms with E-state index in [1.165, 1.54) is 18.4 Å². The molecule has 4 heterocycles. The Bertz CT molecular complexity index is 778. The lowest BCUT2D eigenvalue weighted by molar-refractivity contribution is 0.0771. The molecule has 0 N–H and O–H groups in total. The summed E-state index contributed by atoms with van der Waals surface area (Å²) in [5, 5.41) is 0. The molecule has 4 rings (SSSR count). The maximum absolute atomic E-state index is 12.8. The Hall–Kier alpha value is -2.14. The molecule has 0 aromatic carbocycles. The normalized spacial score (nSPS) is 21.7. The summed E-state index contributed by atoms with van der Waals surface area (Å²) in [6, 6.07) is 6.04. The van der Waals surface area contributed by atoms with E-state index in [4.69, 9.17) is 4.42 Å². The maximum Gasteiger partial charge on any atom is 0.257 e. The second kappa shape index (κ2) is 7.85. The summed E-state index contributed by atoms with van der Waals surface area (Å²) in [5.74, 6) is 3.07. The summed E-state index contributed by atoms with van der Waals surface area (Å²) in [5.41, 5.74) is 2.03. The fourth-order valence-electron chi connectivity index (χ4n) is 4.70. The number of hydrogen-bond donors (Lipinski definition) is 0. The number of rotatable bonds is 4. The number of likely N-dealkylation sites (tertiary alicyclic amines) is 2. The minimum atomic E-state index is 0.140. The molecule has 2 aromatic rings. The lowest BCUT2D eigenvalue weighted by atomic mass is 9.83. The van der Waals surface area contributed by atoms with E-state index >= 15 is 0 Å². The quantitative estimate of drug-likeness (QED) is 0.827. The van der Waals surface area contributed by atoms with Crippen LogP contribution in [0, 0.1) is 25.7 Å². The van der Waals surface area contributed by atoms with Gasteiger partial charge in [-0.3, -0.25) is 14.7 Å². The zero-order chi connectivity index (χ0) is 18.8. The number of hydrogen-bond acceptors (Lipinski definition) is 4. The smallest absolute Gasteiger partial charge is 0.257 e. The molecular formula is C22H29N3O2. The van der Waals surface area contributed by atoms with Crippen molar-refractivity contribution in [1.82, 2.24) is 14.8 Å². The van der Waals surface area contributed by atoms with E-state index in [0.29, 0.717) is 5.92 Å². The van der Waals surface area contributed by atoms with Crippen LogP contribution in [0.4, 0.5) is 0 Å². The number of nitrogens with zero attached hydrogens (tertiary/aromatic N) is 3. The highest BCUT2D eigenvalue weighted by molar-refractivity contribution is 5.95. The van der Waals surface area contributed by atoms with E-state index in [2.05, 4.69) is 16.0 Å². The number of furan rings is 1. The highest BCUT2D eigenvalue weighted by Crippen LogP contribution is 2.33. The summed E-state index contributed by atoms with van der Waals surface area (Å²) in [4.78, 5) is 21.6. The van der Waals surface area contributed by atoms with Gasteiger partial charge in [-0.2, -0.15) is 0 Å². The van der Waals surface area contributed by atoms with Crippen molar-refractivity contribution in [1.29, 1.82) is 0 Å². The minimum absolute atomic E-state index is 0.140. The SMILES string of the molecule is Cc1cc(C(=O)N2CCC(C3CCN(Cc4cccnc4)CC3)C2)c(C)o1. The summed E-state index contributed by atoms with van der Waals surface area (Å²) < 4.78 is 5.54. The number of pyridine rings is 1. The molecule has 144 valence electrons. The number of aryl methyl sites for hydroxylation is 2. The van der Waals surface area contributed by atoms with Gasteiger partial charge in [0.1, 0.15) is 11.5 Å². The van der Waals surface area contributed by atoms with Crippen LogP contribution in [0.2, 0.25) is 0 Å². The van der Waals surface area contributed by atoms with Crippen molar-refractivity contribution in [3.05, 3.63) is 53.2 Å². The number of carbonyl (C=O) groups excluding carboxylic acids is 1. The standard InChI is InChI=1S/C22H29N3O2/c1-16-12-21(17(2)27-16)22(26)25-11-7-20(15-25)19-5-9-24(10-6-19)14-18-4-3-8-23-13-18/h3-4,8,12-13,19-20H,5-7,9-11,14-15H2,1-2H3. The second-order valence-electron chi connectivity index (χ2n) is 8.10. The zero-order valence-electron chi connectivity index (χ0n) is 16.4. The first kappa shape index (κ1) is 18.2. The van der Waals surface area contributed by atoms with Crippen molar-refractivity contribution in [2.45, 2.75) is 39.7 Å². The molecule has 0 radical (unpaired) electrons. The molecule has 2 saturated heterocycles. The molecule has 0 spiro atoms. The van der Waals surface area contributed by atoms with Gasteiger partial charge in [-0.1, -0.05) is 6.07 Å². The van der Waals surface area contributed by atoms with E-state index in [1.54, 1.807) is 0 Å². The minimum Gasteiger partial charge on any atom is -0.466 e. The molecule has 1 amide bonds. The number of aromatic nitrogens is 1. The van der Waals surface area contributed by atoms with Crippen LogP contribution in [0.15, 0.2) is 35.0 Å². The Balaban J connectivity index is 1.29. The van der Waals surface area contributed by atoms with Crippen LogP contribution in [0.1, 0.15) is 46.7 Å². The van der Waals surface area contributed by atoms with Crippen LogP contribution in [0.3, 0.4) is 0 Å². The zero-order valence-corrected chi connectivity index (χ0v) is 16.4. The predicted octanol–water partition coefficient (Wildman–Crippen LogP) is 3.67. The van der Waals surface area contributed by atoms with Crippen molar-refractivity contribution < 1.29 is 9.21 Å². The third kappa shape index (κ3) is 4.08. The molecular weight excluding hydrogens is 338 g/mol. The fraction of sp³-hybridized carbons (Fsp3) is 0.545. The Kier molecular flexibility index (Phi) is 5.30. The van der Waals surface area contributed by atoms with Crippen LogP contribution in [0.5, 0.6) is 0 Å². The Morgan fingerprint density at radius 3 is 2.63 bits per heavy atom. The van der Waals surface area contributed by atoms with E-state index in [1.807, 2.05) is 43.3 Å². The topological polar surface area (TPSA) is 49.6 Å². The summed E-state index contributed by atoms with van der Waals surface area (Å²) in [6.07, 6.45) is 7.39. The average molecular weight is 367 g/mol. The molecule has 1 unspecified atom stereocenters. The molecule has 2 aromatic heterocycles. The number of amides is 1. The molecule has 0 bridgehead atoms. The van der Waals surface area contributed by atoms with Crippen LogP contribution < -0.4 is 0 Å². The first-order chi connectivity index (χ1) is 13.1. The lowest BCUT2D eigenvalue weighted by Gasteiger charge is -2.34. The summed E-state index contributed by atoms with van der Waals surface area (Å²) in [6.45, 7) is 8.84. The first-order valence-corrected chi connectivity index (χ1v) is 10.1. The van der Waals surface area contributed by atoms with Gasteiger partial charge in [0, 0.05) is 32.0 Å². The van der Waals surface area contributed by atoms with Gasteiger partial charge in [0.25, 0.3) is 5.91 Å². The first-order valence-electron chi connectivity index (χ1n) is 10.1. The van der Waals surface area contributed by atoms with Gasteiger partial charge in [0.2, 0.25) is 0 Å². The molecule has 0 aliphatic carbocycles. The molecule has 0 saturated carbocycles. The van der Waals surface area contributed by atoms with Crippen molar-refractivity contribution >= 4 is 5.91 Å². The van der Waals surface area contributed by atoms with E-state index in [9.17, 15) is 4.79 Å². The molecule has 5 nitrogen and oxygen atoms in total. The highest BCUT2D eigenvalue weighted by atomic mass is 16.3. The largest absolute Gasteiger partial charge is 0.466 e. The van der Waals surface area contributed by atoms with E-state index < -0.39 is 0 Å². The Labute approximate surface area is 161 Å². The number of carbonyl (C=O) groups is 1. The Morgan fingerprint density at radius 2 is 1.96 bits per heavy atom. The van der Waals surface area contributed by atoms with Crippen LogP contribution in [-0.2, 0) is 6.54 Å². The lowest BCUT2D eigenvalue weighted by Crippen LogP contribution is -2.37. The maximum atomic E-state index is 12.8. The van der Waals surface area contributed by atoms with Crippen LogP contribution >= 0.6 is 0 Å². The molecule has 5 heteroatoms. The third-order valence-electron chi connectivity index (χ3n) is 6.21. The highest BCUT2D eigenvalue weighted by Gasteiger charge is 2.34. The van der Waals surface area contributed by atoms with Crippen LogP contribution in [-0.4, -0.2) is 46.9 Å². The molecule has 2 aliphatic rings.